The first-order valence-corrected chi connectivity index (χ1v) is 6.53. The number of halogens is 1. The molecular weight excluding hydrogens is 290 g/mol. The predicted molar refractivity (Wildman–Crippen MR) is 77.7 cm³/mol. The number of rotatable bonds is 3. The summed E-state index contributed by atoms with van der Waals surface area (Å²) in [6, 6.07) is 17.4. The van der Waals surface area contributed by atoms with Crippen LogP contribution in [0, 0.1) is 0 Å². The molecule has 0 aliphatic heterocycles. The van der Waals surface area contributed by atoms with E-state index in [1.807, 2.05) is 54.6 Å². The summed E-state index contributed by atoms with van der Waals surface area (Å²) >= 11 is 3.46. The summed E-state index contributed by atoms with van der Waals surface area (Å²) in [5.41, 5.74) is 1.92. The number of likely N-dealkylation sites (N-methyl/N-ethyl adjacent to an activating group) is 1. The fourth-order valence-corrected chi connectivity index (χ4v) is 2.14. The van der Waals surface area contributed by atoms with Crippen LogP contribution in [0.2, 0.25) is 0 Å². The molecule has 3 heteroatoms. The molecule has 0 saturated heterocycles. The number of carbonyl (C=O) groups excluding carboxylic acids is 1. The zero-order valence-corrected chi connectivity index (χ0v) is 11.7. The summed E-state index contributed by atoms with van der Waals surface area (Å²) in [6.07, 6.45) is 0.396. The highest BCUT2D eigenvalue weighted by atomic mass is 79.9. The van der Waals surface area contributed by atoms with Gasteiger partial charge in [-0.15, -0.1) is 0 Å². The molecule has 92 valence electrons. The van der Waals surface area contributed by atoms with Crippen molar-refractivity contribution in [3.8, 4) is 0 Å². The van der Waals surface area contributed by atoms with Crippen LogP contribution < -0.4 is 4.90 Å². The molecule has 2 rings (SSSR count). The topological polar surface area (TPSA) is 20.3 Å². The second kappa shape index (κ2) is 5.83. The Morgan fingerprint density at radius 1 is 1.06 bits per heavy atom. The smallest absolute Gasteiger partial charge is 0.231 e. The minimum Gasteiger partial charge on any atom is -0.315 e. The lowest BCUT2D eigenvalue weighted by molar-refractivity contribution is -0.117. The van der Waals surface area contributed by atoms with E-state index in [0.717, 1.165) is 15.7 Å². The molecule has 0 saturated carbocycles. The van der Waals surface area contributed by atoms with Gasteiger partial charge in [0.1, 0.15) is 0 Å². The average Bonchev–Trinajstić information content (AvgIpc) is 2.41. The number of nitrogens with zero attached hydrogens (tertiary/aromatic N) is 1. The van der Waals surface area contributed by atoms with Gasteiger partial charge in [0.15, 0.2) is 0 Å². The van der Waals surface area contributed by atoms with E-state index in [-0.39, 0.29) is 5.91 Å². The second-order valence-corrected chi connectivity index (χ2v) is 4.91. The van der Waals surface area contributed by atoms with Crippen LogP contribution in [0.5, 0.6) is 0 Å². The van der Waals surface area contributed by atoms with Crippen LogP contribution in [0.25, 0.3) is 0 Å². The van der Waals surface area contributed by atoms with E-state index in [1.165, 1.54) is 0 Å². The number of amides is 1. The van der Waals surface area contributed by atoms with Crippen LogP contribution >= 0.6 is 15.9 Å². The number of hydrogen-bond donors (Lipinski definition) is 0. The van der Waals surface area contributed by atoms with Crippen molar-refractivity contribution < 1.29 is 4.79 Å². The quantitative estimate of drug-likeness (QED) is 0.847. The largest absolute Gasteiger partial charge is 0.315 e. The summed E-state index contributed by atoms with van der Waals surface area (Å²) in [5, 5.41) is 0. The van der Waals surface area contributed by atoms with Crippen LogP contribution in [0.4, 0.5) is 5.69 Å². The van der Waals surface area contributed by atoms with Gasteiger partial charge in [0, 0.05) is 17.2 Å². The van der Waals surface area contributed by atoms with Crippen molar-refractivity contribution in [3.05, 3.63) is 64.6 Å². The molecule has 0 N–H and O–H groups in total. The zero-order valence-electron chi connectivity index (χ0n) is 10.1. The van der Waals surface area contributed by atoms with Crippen molar-refractivity contribution in [1.29, 1.82) is 0 Å². The maximum absolute atomic E-state index is 12.2. The summed E-state index contributed by atoms with van der Waals surface area (Å²) in [6.45, 7) is 0. The Bertz CT molecular complexity index is 539. The molecule has 0 unspecified atom stereocenters. The van der Waals surface area contributed by atoms with Gasteiger partial charge in [-0.05, 0) is 23.8 Å². The minimum atomic E-state index is 0.0769. The van der Waals surface area contributed by atoms with Crippen LogP contribution in [0.3, 0.4) is 0 Å². The van der Waals surface area contributed by atoms with E-state index < -0.39 is 0 Å². The summed E-state index contributed by atoms with van der Waals surface area (Å²) in [5.74, 6) is 0.0769. The van der Waals surface area contributed by atoms with Gasteiger partial charge in [0.2, 0.25) is 5.91 Å². The van der Waals surface area contributed by atoms with E-state index in [9.17, 15) is 4.79 Å². The normalized spacial score (nSPS) is 10.1. The highest BCUT2D eigenvalue weighted by molar-refractivity contribution is 9.10. The lowest BCUT2D eigenvalue weighted by Gasteiger charge is -2.17. The third kappa shape index (κ3) is 2.99. The highest BCUT2D eigenvalue weighted by Gasteiger charge is 2.12. The lowest BCUT2D eigenvalue weighted by Crippen LogP contribution is -2.27. The van der Waals surface area contributed by atoms with E-state index in [4.69, 9.17) is 0 Å². The second-order valence-electron chi connectivity index (χ2n) is 4.06. The van der Waals surface area contributed by atoms with Crippen molar-refractivity contribution in [2.45, 2.75) is 6.42 Å². The van der Waals surface area contributed by atoms with E-state index in [0.29, 0.717) is 6.42 Å². The number of carbonyl (C=O) groups is 1. The van der Waals surface area contributed by atoms with E-state index in [2.05, 4.69) is 15.9 Å². The zero-order chi connectivity index (χ0) is 13.0. The Hall–Kier alpha value is -1.61. The van der Waals surface area contributed by atoms with Gasteiger partial charge in [-0.1, -0.05) is 52.3 Å². The first kappa shape index (κ1) is 12.8. The van der Waals surface area contributed by atoms with Gasteiger partial charge < -0.3 is 4.90 Å². The first-order chi connectivity index (χ1) is 8.68. The molecule has 0 aliphatic carbocycles. The summed E-state index contributed by atoms with van der Waals surface area (Å²) < 4.78 is 0.972. The Labute approximate surface area is 115 Å². The molecule has 0 aliphatic rings. The Balaban J connectivity index is 2.12. The molecule has 2 nitrogen and oxygen atoms in total. The van der Waals surface area contributed by atoms with Crippen LogP contribution in [-0.4, -0.2) is 13.0 Å². The lowest BCUT2D eigenvalue weighted by atomic mass is 10.1. The summed E-state index contributed by atoms with van der Waals surface area (Å²) in [4.78, 5) is 13.9. The molecule has 0 radical (unpaired) electrons. The van der Waals surface area contributed by atoms with Crippen LogP contribution in [0.1, 0.15) is 5.56 Å². The Morgan fingerprint density at radius 2 is 1.67 bits per heavy atom. The van der Waals surface area contributed by atoms with Gasteiger partial charge in [-0.25, -0.2) is 0 Å². The predicted octanol–water partition coefficient (Wildman–Crippen LogP) is 3.65. The molecule has 0 heterocycles. The van der Waals surface area contributed by atoms with Gasteiger partial charge in [-0.2, -0.15) is 0 Å². The monoisotopic (exact) mass is 303 g/mol. The number of benzene rings is 2. The molecule has 0 spiro atoms. The Kier molecular flexibility index (Phi) is 4.15. The Morgan fingerprint density at radius 3 is 2.33 bits per heavy atom. The molecule has 0 bridgehead atoms. The molecule has 18 heavy (non-hydrogen) atoms. The van der Waals surface area contributed by atoms with Crippen molar-refractivity contribution in [3.63, 3.8) is 0 Å². The average molecular weight is 304 g/mol. The van der Waals surface area contributed by atoms with Gasteiger partial charge >= 0.3 is 0 Å². The molecular formula is C15H14BrNO. The highest BCUT2D eigenvalue weighted by Crippen LogP contribution is 2.18. The fourth-order valence-electron chi connectivity index (χ4n) is 1.72. The fraction of sp³-hybridized carbons (Fsp3) is 0.133. The third-order valence-electron chi connectivity index (χ3n) is 2.82. The summed E-state index contributed by atoms with van der Waals surface area (Å²) in [7, 11) is 1.80. The standard InChI is InChI=1S/C15H14BrNO/c1-17(13-8-3-2-4-9-13)15(18)11-12-7-5-6-10-14(12)16/h2-10H,11H2,1H3. The van der Waals surface area contributed by atoms with Crippen LogP contribution in [-0.2, 0) is 11.2 Å². The molecule has 0 atom stereocenters. The minimum absolute atomic E-state index is 0.0769. The number of hydrogen-bond acceptors (Lipinski definition) is 1. The molecule has 0 aromatic heterocycles. The first-order valence-electron chi connectivity index (χ1n) is 5.73. The van der Waals surface area contributed by atoms with Crippen molar-refractivity contribution in [2.24, 2.45) is 0 Å². The molecule has 2 aromatic carbocycles. The molecule has 0 fully saturated rings. The molecule has 2 aromatic rings. The van der Waals surface area contributed by atoms with E-state index >= 15 is 0 Å². The maximum atomic E-state index is 12.2. The van der Waals surface area contributed by atoms with E-state index in [1.54, 1.807) is 11.9 Å². The van der Waals surface area contributed by atoms with Gasteiger partial charge in [0.05, 0.1) is 6.42 Å². The van der Waals surface area contributed by atoms with Gasteiger partial charge in [0.25, 0.3) is 0 Å². The SMILES string of the molecule is CN(C(=O)Cc1ccccc1Br)c1ccccc1. The van der Waals surface area contributed by atoms with Gasteiger partial charge in [-0.3, -0.25) is 4.79 Å². The van der Waals surface area contributed by atoms with Crippen molar-refractivity contribution >= 4 is 27.5 Å². The third-order valence-corrected chi connectivity index (χ3v) is 3.59. The van der Waals surface area contributed by atoms with Crippen molar-refractivity contribution in [2.75, 3.05) is 11.9 Å². The number of para-hydroxylation sites is 1. The van der Waals surface area contributed by atoms with Crippen LogP contribution in [0.15, 0.2) is 59.1 Å². The maximum Gasteiger partial charge on any atom is 0.231 e. The van der Waals surface area contributed by atoms with Crippen molar-refractivity contribution in [1.82, 2.24) is 0 Å². The number of anilines is 1. The molecule has 1 amide bonds.